The topological polar surface area (TPSA) is 61.4 Å². The Labute approximate surface area is 114 Å². The Kier molecular flexibility index (Phi) is 4.93. The lowest BCUT2D eigenvalue weighted by Crippen LogP contribution is -2.43. The van der Waals surface area contributed by atoms with Gasteiger partial charge in [0.25, 0.3) is 0 Å². The van der Waals surface area contributed by atoms with E-state index in [0.717, 1.165) is 13.0 Å². The summed E-state index contributed by atoms with van der Waals surface area (Å²) in [6, 6.07) is 6.22. The molecule has 4 nitrogen and oxygen atoms in total. The van der Waals surface area contributed by atoms with E-state index in [2.05, 4.69) is 28.8 Å². The first-order valence-corrected chi connectivity index (χ1v) is 6.92. The van der Waals surface area contributed by atoms with Crippen molar-refractivity contribution < 1.29 is 9.90 Å². The molecule has 0 saturated carbocycles. The summed E-state index contributed by atoms with van der Waals surface area (Å²) in [5, 5.41) is 14.9. The zero-order valence-corrected chi connectivity index (χ0v) is 11.4. The summed E-state index contributed by atoms with van der Waals surface area (Å²) in [5.41, 5.74) is 4.33. The molecule has 0 amide bonds. The zero-order chi connectivity index (χ0) is 13.7. The quantitative estimate of drug-likeness (QED) is 0.641. The lowest BCUT2D eigenvalue weighted by atomic mass is 10.0. The third-order valence-corrected chi connectivity index (χ3v) is 3.75. The summed E-state index contributed by atoms with van der Waals surface area (Å²) < 4.78 is 0. The van der Waals surface area contributed by atoms with Crippen LogP contribution >= 0.6 is 0 Å². The standard InChI is InChI=1S/C15H22N2O2/c1-16-14(15(18)19)10-17-8-7-11-5-6-12-3-2-4-13(12)9-11/h5-6,9,14,16-17H,2-4,7-8,10H2,1H3,(H,18,19). The van der Waals surface area contributed by atoms with E-state index in [-0.39, 0.29) is 0 Å². The van der Waals surface area contributed by atoms with E-state index in [1.54, 1.807) is 7.05 Å². The summed E-state index contributed by atoms with van der Waals surface area (Å²) in [5.74, 6) is -0.812. The van der Waals surface area contributed by atoms with Crippen LogP contribution in [0.2, 0.25) is 0 Å². The molecule has 1 aliphatic carbocycles. The second kappa shape index (κ2) is 6.68. The van der Waals surface area contributed by atoms with Crippen molar-refractivity contribution in [2.24, 2.45) is 0 Å². The van der Waals surface area contributed by atoms with E-state index in [9.17, 15) is 4.79 Å². The van der Waals surface area contributed by atoms with E-state index in [1.807, 2.05) is 0 Å². The van der Waals surface area contributed by atoms with Gasteiger partial charge in [0, 0.05) is 6.54 Å². The highest BCUT2D eigenvalue weighted by Gasteiger charge is 2.13. The molecule has 19 heavy (non-hydrogen) atoms. The van der Waals surface area contributed by atoms with E-state index in [0.29, 0.717) is 6.54 Å². The van der Waals surface area contributed by atoms with Gasteiger partial charge in [-0.25, -0.2) is 0 Å². The van der Waals surface area contributed by atoms with Crippen LogP contribution in [0.15, 0.2) is 18.2 Å². The summed E-state index contributed by atoms with van der Waals surface area (Å²) in [6.07, 6.45) is 4.65. The highest BCUT2D eigenvalue weighted by molar-refractivity contribution is 5.73. The number of likely N-dealkylation sites (N-methyl/N-ethyl adjacent to an activating group) is 1. The zero-order valence-electron chi connectivity index (χ0n) is 11.4. The molecular weight excluding hydrogens is 240 g/mol. The minimum atomic E-state index is -0.812. The summed E-state index contributed by atoms with van der Waals surface area (Å²) >= 11 is 0. The molecule has 1 aromatic carbocycles. The number of rotatable bonds is 7. The Morgan fingerprint density at radius 3 is 2.89 bits per heavy atom. The minimum Gasteiger partial charge on any atom is -0.480 e. The van der Waals surface area contributed by atoms with Gasteiger partial charge in [0.1, 0.15) is 6.04 Å². The van der Waals surface area contributed by atoms with Crippen molar-refractivity contribution in [1.29, 1.82) is 0 Å². The van der Waals surface area contributed by atoms with Crippen LogP contribution in [-0.2, 0) is 24.1 Å². The molecule has 0 aromatic heterocycles. The fraction of sp³-hybridized carbons (Fsp3) is 0.533. The van der Waals surface area contributed by atoms with Gasteiger partial charge in [-0.1, -0.05) is 18.2 Å². The molecule has 0 radical (unpaired) electrons. The van der Waals surface area contributed by atoms with Crippen molar-refractivity contribution in [1.82, 2.24) is 10.6 Å². The highest BCUT2D eigenvalue weighted by atomic mass is 16.4. The molecule has 2 rings (SSSR count). The van der Waals surface area contributed by atoms with E-state index in [4.69, 9.17) is 5.11 Å². The Morgan fingerprint density at radius 1 is 1.37 bits per heavy atom. The van der Waals surface area contributed by atoms with Crippen molar-refractivity contribution in [3.05, 3.63) is 34.9 Å². The second-order valence-corrected chi connectivity index (χ2v) is 5.09. The molecule has 0 bridgehead atoms. The predicted octanol–water partition coefficient (Wildman–Crippen LogP) is 0.980. The van der Waals surface area contributed by atoms with Crippen molar-refractivity contribution in [3.63, 3.8) is 0 Å². The van der Waals surface area contributed by atoms with Gasteiger partial charge in [0.2, 0.25) is 0 Å². The number of carboxylic acids is 1. The number of carbonyl (C=O) groups is 1. The predicted molar refractivity (Wildman–Crippen MR) is 75.5 cm³/mol. The maximum atomic E-state index is 10.8. The smallest absolute Gasteiger partial charge is 0.322 e. The van der Waals surface area contributed by atoms with Gasteiger partial charge in [-0.2, -0.15) is 0 Å². The Balaban J connectivity index is 1.75. The van der Waals surface area contributed by atoms with Crippen LogP contribution in [0, 0.1) is 0 Å². The molecule has 0 saturated heterocycles. The number of benzene rings is 1. The molecule has 0 spiro atoms. The number of aliphatic carboxylic acids is 1. The molecule has 1 aromatic rings. The molecule has 0 heterocycles. The lowest BCUT2D eigenvalue weighted by molar-refractivity contribution is -0.139. The van der Waals surface area contributed by atoms with Crippen molar-refractivity contribution >= 4 is 5.97 Å². The fourth-order valence-corrected chi connectivity index (χ4v) is 2.57. The van der Waals surface area contributed by atoms with Gasteiger partial charge >= 0.3 is 5.97 Å². The average Bonchev–Trinajstić information content (AvgIpc) is 2.85. The van der Waals surface area contributed by atoms with Crippen LogP contribution in [0.1, 0.15) is 23.1 Å². The maximum absolute atomic E-state index is 10.8. The summed E-state index contributed by atoms with van der Waals surface area (Å²) in [4.78, 5) is 10.8. The van der Waals surface area contributed by atoms with Crippen LogP contribution in [0.3, 0.4) is 0 Å². The first kappa shape index (κ1) is 14.0. The molecule has 104 valence electrons. The summed E-state index contributed by atoms with van der Waals surface area (Å²) in [6.45, 7) is 1.26. The summed E-state index contributed by atoms with van der Waals surface area (Å²) in [7, 11) is 1.67. The van der Waals surface area contributed by atoms with Gasteiger partial charge < -0.3 is 15.7 Å². The normalized spacial score (nSPS) is 15.2. The monoisotopic (exact) mass is 262 g/mol. The van der Waals surface area contributed by atoms with E-state index >= 15 is 0 Å². The van der Waals surface area contributed by atoms with Crippen LogP contribution < -0.4 is 10.6 Å². The Hall–Kier alpha value is -1.39. The number of hydrogen-bond acceptors (Lipinski definition) is 3. The minimum absolute atomic E-state index is 0.455. The molecule has 1 unspecified atom stereocenters. The molecule has 1 atom stereocenters. The van der Waals surface area contributed by atoms with Gasteiger partial charge in [-0.05, 0) is 56.0 Å². The number of hydrogen-bond donors (Lipinski definition) is 3. The SMILES string of the molecule is CNC(CNCCc1ccc2c(c1)CCC2)C(=O)O. The molecule has 3 N–H and O–H groups in total. The first-order chi connectivity index (χ1) is 9.20. The van der Waals surface area contributed by atoms with Gasteiger partial charge in [-0.3, -0.25) is 4.79 Å². The largest absolute Gasteiger partial charge is 0.480 e. The molecule has 4 heteroatoms. The third-order valence-electron chi connectivity index (χ3n) is 3.75. The highest BCUT2D eigenvalue weighted by Crippen LogP contribution is 2.22. The Bertz CT molecular complexity index is 446. The van der Waals surface area contributed by atoms with Crippen LogP contribution in [0.5, 0.6) is 0 Å². The van der Waals surface area contributed by atoms with Gasteiger partial charge in [0.05, 0.1) is 0 Å². The van der Waals surface area contributed by atoms with Crippen molar-refractivity contribution in [3.8, 4) is 0 Å². The molecular formula is C15H22N2O2. The van der Waals surface area contributed by atoms with E-state index in [1.165, 1.54) is 36.0 Å². The molecule has 0 aliphatic heterocycles. The first-order valence-electron chi connectivity index (χ1n) is 6.92. The fourth-order valence-electron chi connectivity index (χ4n) is 2.57. The number of aryl methyl sites for hydroxylation is 2. The van der Waals surface area contributed by atoms with Gasteiger partial charge in [0.15, 0.2) is 0 Å². The molecule has 1 aliphatic rings. The van der Waals surface area contributed by atoms with Crippen LogP contribution in [0.25, 0.3) is 0 Å². The van der Waals surface area contributed by atoms with Gasteiger partial charge in [-0.15, -0.1) is 0 Å². The van der Waals surface area contributed by atoms with Crippen LogP contribution in [0.4, 0.5) is 0 Å². The average molecular weight is 262 g/mol. The van der Waals surface area contributed by atoms with Crippen molar-refractivity contribution in [2.75, 3.05) is 20.1 Å². The maximum Gasteiger partial charge on any atom is 0.322 e. The second-order valence-electron chi connectivity index (χ2n) is 5.09. The number of fused-ring (bicyclic) bond motifs is 1. The number of nitrogens with one attached hydrogen (secondary N) is 2. The Morgan fingerprint density at radius 2 is 2.16 bits per heavy atom. The number of carboxylic acid groups (broad SMARTS) is 1. The third kappa shape index (κ3) is 3.78. The molecule has 0 fully saturated rings. The van der Waals surface area contributed by atoms with Crippen molar-refractivity contribution in [2.45, 2.75) is 31.7 Å². The van der Waals surface area contributed by atoms with E-state index < -0.39 is 12.0 Å². The lowest BCUT2D eigenvalue weighted by Gasteiger charge is -2.12. The van der Waals surface area contributed by atoms with Crippen LogP contribution in [-0.4, -0.2) is 37.3 Å².